The van der Waals surface area contributed by atoms with Gasteiger partial charge in [-0.05, 0) is 11.8 Å². The third-order valence-corrected chi connectivity index (χ3v) is 2.63. The molecule has 2 atom stereocenters. The van der Waals surface area contributed by atoms with Gasteiger partial charge in [-0.25, -0.2) is 0 Å². The van der Waals surface area contributed by atoms with Crippen molar-refractivity contribution >= 4 is 30.9 Å². The van der Waals surface area contributed by atoms with Crippen LogP contribution in [0.5, 0.6) is 0 Å². The Morgan fingerprint density at radius 2 is 1.15 bits per heavy atom. The fraction of sp³-hybridized carbons (Fsp3) is 1.00. The molecule has 0 rings (SSSR count). The van der Waals surface area contributed by atoms with E-state index in [1.54, 1.807) is 0 Å². The van der Waals surface area contributed by atoms with Gasteiger partial charge in [0, 0.05) is 0 Å². The van der Waals surface area contributed by atoms with Gasteiger partial charge in [0.25, 0.3) is 0 Å². The lowest BCUT2D eigenvalue weighted by molar-refractivity contribution is 0.146. The highest BCUT2D eigenvalue weighted by molar-refractivity contribution is 6.27. The Kier molecular flexibility index (Phi) is 7.24. The molecule has 2 nitrogen and oxygen atoms in total. The summed E-state index contributed by atoms with van der Waals surface area (Å²) in [6, 6.07) is 0. The maximum absolute atomic E-state index is 5.80. The minimum absolute atomic E-state index is 0.245. The van der Waals surface area contributed by atoms with Gasteiger partial charge in [0.05, 0.1) is 0 Å². The van der Waals surface area contributed by atoms with E-state index in [0.29, 0.717) is 0 Å². The zero-order chi connectivity index (χ0) is 10.4. The fourth-order valence-electron chi connectivity index (χ4n) is 0.452. The highest BCUT2D eigenvalue weighted by atomic mass is 35.5. The molecule has 1 radical (unpaired) electrons. The molecule has 0 aromatic heterocycles. The smallest absolute Gasteiger partial charge is 0.397 e. The van der Waals surface area contributed by atoms with Gasteiger partial charge in [0.15, 0.2) is 0 Å². The van der Waals surface area contributed by atoms with E-state index in [1.165, 1.54) is 7.69 Å². The molecule has 0 aromatic carbocycles. The van der Waals surface area contributed by atoms with Crippen LogP contribution in [0.15, 0.2) is 0 Å². The van der Waals surface area contributed by atoms with E-state index in [1.807, 2.05) is 27.7 Å². The van der Waals surface area contributed by atoms with Gasteiger partial charge in [-0.15, -0.1) is 0 Å². The van der Waals surface area contributed by atoms with E-state index in [4.69, 9.17) is 32.5 Å². The molecule has 0 fully saturated rings. The van der Waals surface area contributed by atoms with Crippen LogP contribution in [0.25, 0.3) is 0 Å². The third-order valence-electron chi connectivity index (χ3n) is 1.42. The van der Waals surface area contributed by atoms with Crippen LogP contribution in [-0.4, -0.2) is 18.8 Å². The molecule has 0 bridgehead atoms. The average Bonchev–Trinajstić information content (AvgIpc) is 2.03. The van der Waals surface area contributed by atoms with Crippen LogP contribution in [0.2, 0.25) is 0 Å². The van der Waals surface area contributed by atoms with Crippen molar-refractivity contribution in [2.45, 2.75) is 38.8 Å². The molecule has 0 heterocycles. The van der Waals surface area contributed by atoms with Crippen LogP contribution in [0.3, 0.4) is 0 Å². The maximum Gasteiger partial charge on any atom is 0.490 e. The van der Waals surface area contributed by atoms with Crippen molar-refractivity contribution in [2.24, 2.45) is 11.8 Å². The number of hydrogen-bond donors (Lipinski definition) is 0. The van der Waals surface area contributed by atoms with E-state index in [-0.39, 0.29) is 23.0 Å². The van der Waals surface area contributed by atoms with Crippen molar-refractivity contribution in [3.05, 3.63) is 0 Å². The van der Waals surface area contributed by atoms with Gasteiger partial charge in [0.1, 0.15) is 11.1 Å². The Bertz CT molecular complexity index is 119. The summed E-state index contributed by atoms with van der Waals surface area (Å²) in [5.41, 5.74) is -0.730. The first-order valence-corrected chi connectivity index (χ1v) is 5.23. The van der Waals surface area contributed by atoms with E-state index in [2.05, 4.69) is 0 Å². The Morgan fingerprint density at radius 3 is 1.38 bits per heavy atom. The second kappa shape index (κ2) is 6.94. The topological polar surface area (TPSA) is 18.5 Å². The number of rotatable bonds is 6. The molecule has 5 heteroatoms. The van der Waals surface area contributed by atoms with E-state index in [9.17, 15) is 0 Å². The summed E-state index contributed by atoms with van der Waals surface area (Å²) in [6.45, 7) is 7.86. The summed E-state index contributed by atoms with van der Waals surface area (Å²) < 4.78 is 10.1. The monoisotopic (exact) mass is 225 g/mol. The van der Waals surface area contributed by atoms with Gasteiger partial charge in [-0.2, -0.15) is 0 Å². The molecule has 0 saturated carbocycles. The van der Waals surface area contributed by atoms with Crippen LogP contribution in [0.4, 0.5) is 0 Å². The summed E-state index contributed by atoms with van der Waals surface area (Å²) in [5, 5.41) is 0. The maximum atomic E-state index is 5.80. The molecule has 13 heavy (non-hydrogen) atoms. The SMILES string of the molecule is CC(C)C(Cl)O[B]OC(Cl)C(C)C. The van der Waals surface area contributed by atoms with Crippen LogP contribution < -0.4 is 0 Å². The first-order chi connectivity index (χ1) is 5.95. The van der Waals surface area contributed by atoms with E-state index in [0.717, 1.165) is 0 Å². The van der Waals surface area contributed by atoms with Gasteiger partial charge >= 0.3 is 7.69 Å². The molecule has 0 aliphatic rings. The molecular formula is C8H16BCl2O2. The first kappa shape index (κ1) is 13.6. The van der Waals surface area contributed by atoms with Crippen molar-refractivity contribution in [1.29, 1.82) is 0 Å². The highest BCUT2D eigenvalue weighted by Gasteiger charge is 2.15. The van der Waals surface area contributed by atoms with Crippen molar-refractivity contribution in [1.82, 2.24) is 0 Å². The molecular weight excluding hydrogens is 210 g/mol. The lowest BCUT2D eigenvalue weighted by Gasteiger charge is -2.17. The molecule has 0 aliphatic carbocycles. The van der Waals surface area contributed by atoms with Crippen molar-refractivity contribution in [3.63, 3.8) is 0 Å². The quantitative estimate of drug-likeness (QED) is 0.511. The zero-order valence-corrected chi connectivity index (χ0v) is 9.97. The summed E-state index contributed by atoms with van der Waals surface area (Å²) in [4.78, 5) is 0. The minimum Gasteiger partial charge on any atom is -0.397 e. The Hall–Kier alpha value is 0.565. The van der Waals surface area contributed by atoms with Gasteiger partial charge in [-0.1, -0.05) is 50.9 Å². The van der Waals surface area contributed by atoms with Crippen LogP contribution in [0, 0.1) is 11.8 Å². The standard InChI is InChI=1S/C8H16BCl2O2/c1-5(2)7(10)12-9-13-8(11)6(3)4/h5-8H,1-4H3. The number of halogens is 2. The highest BCUT2D eigenvalue weighted by Crippen LogP contribution is 2.13. The van der Waals surface area contributed by atoms with Crippen LogP contribution in [0.1, 0.15) is 27.7 Å². The predicted molar refractivity (Wildman–Crippen MR) is 56.9 cm³/mol. The van der Waals surface area contributed by atoms with Crippen LogP contribution in [-0.2, 0) is 9.31 Å². The van der Waals surface area contributed by atoms with Gasteiger partial charge in [-0.3, -0.25) is 0 Å². The number of hydrogen-bond acceptors (Lipinski definition) is 2. The van der Waals surface area contributed by atoms with Gasteiger partial charge < -0.3 is 9.31 Å². The van der Waals surface area contributed by atoms with Gasteiger partial charge in [0.2, 0.25) is 0 Å². The van der Waals surface area contributed by atoms with Crippen molar-refractivity contribution in [2.75, 3.05) is 0 Å². The first-order valence-electron chi connectivity index (χ1n) is 4.36. The zero-order valence-electron chi connectivity index (χ0n) is 8.46. The summed E-state index contributed by atoms with van der Waals surface area (Å²) in [5.74, 6) is 0.490. The molecule has 0 aliphatic heterocycles. The molecule has 0 spiro atoms. The number of alkyl halides is 2. The normalized spacial score (nSPS) is 16.3. The Labute approximate surface area is 91.2 Å². The summed E-state index contributed by atoms with van der Waals surface area (Å²) in [7, 11) is 1.22. The molecule has 77 valence electrons. The average molecular weight is 226 g/mol. The Balaban J connectivity index is 3.45. The van der Waals surface area contributed by atoms with E-state index >= 15 is 0 Å². The summed E-state index contributed by atoms with van der Waals surface area (Å²) in [6.07, 6.45) is 0. The molecule has 0 aromatic rings. The third kappa shape index (κ3) is 6.61. The largest absolute Gasteiger partial charge is 0.490 e. The lowest BCUT2D eigenvalue weighted by atomic mass is 10.2. The second-order valence-electron chi connectivity index (χ2n) is 3.56. The molecule has 0 saturated heterocycles. The Morgan fingerprint density at radius 1 is 0.846 bits per heavy atom. The second-order valence-corrected chi connectivity index (χ2v) is 4.42. The predicted octanol–water partition coefficient (Wildman–Crippen LogP) is 3.00. The lowest BCUT2D eigenvalue weighted by Crippen LogP contribution is -2.22. The molecule has 0 amide bonds. The van der Waals surface area contributed by atoms with Crippen molar-refractivity contribution < 1.29 is 9.31 Å². The van der Waals surface area contributed by atoms with Crippen molar-refractivity contribution in [3.8, 4) is 0 Å². The molecule has 0 N–H and O–H groups in total. The summed E-state index contributed by atoms with van der Waals surface area (Å²) >= 11 is 11.6. The van der Waals surface area contributed by atoms with E-state index < -0.39 is 0 Å². The minimum atomic E-state index is -0.365. The van der Waals surface area contributed by atoms with Crippen LogP contribution >= 0.6 is 23.2 Å². The molecule has 2 unspecified atom stereocenters. The fourth-order valence-corrected chi connectivity index (χ4v) is 0.536.